The van der Waals surface area contributed by atoms with E-state index in [0.29, 0.717) is 35.7 Å². The maximum Gasteiger partial charge on any atom is 0.241 e. The van der Waals surface area contributed by atoms with Gasteiger partial charge in [0.25, 0.3) is 0 Å². The van der Waals surface area contributed by atoms with Gasteiger partial charge in [-0.25, -0.2) is 9.97 Å². The van der Waals surface area contributed by atoms with Crippen molar-refractivity contribution in [3.05, 3.63) is 30.4 Å². The highest BCUT2D eigenvalue weighted by Crippen LogP contribution is 2.30. The van der Waals surface area contributed by atoms with Crippen LogP contribution in [0.5, 0.6) is 0 Å². The van der Waals surface area contributed by atoms with E-state index in [2.05, 4.69) is 25.6 Å². The summed E-state index contributed by atoms with van der Waals surface area (Å²) in [4.78, 5) is 38.1. The normalized spacial score (nSPS) is 13.7. The summed E-state index contributed by atoms with van der Waals surface area (Å²) in [6.07, 6.45) is 6.55. The first kappa shape index (κ1) is 23.2. The number of likely N-dealkylation sites (N-methyl/N-ethyl adjacent to an activating group) is 1. The lowest BCUT2D eigenvalue weighted by atomic mass is 10.1. The molecule has 0 saturated heterocycles. The van der Waals surface area contributed by atoms with E-state index in [9.17, 15) is 23.6 Å². The van der Waals surface area contributed by atoms with Crippen molar-refractivity contribution in [1.82, 2.24) is 19.9 Å². The molecule has 1 unspecified atom stereocenters. The minimum absolute atomic E-state index is 0.0142. The van der Waals surface area contributed by atoms with Gasteiger partial charge in [0.1, 0.15) is 6.07 Å². The summed E-state index contributed by atoms with van der Waals surface area (Å²) < 4.78 is 21.2. The number of anilines is 2. The van der Waals surface area contributed by atoms with Crippen LogP contribution in [0, 0.1) is 17.2 Å². The molecule has 0 aromatic carbocycles. The van der Waals surface area contributed by atoms with Crippen LogP contribution in [0.15, 0.2) is 24.7 Å². The quantitative estimate of drug-likeness (QED) is 0.494. The summed E-state index contributed by atoms with van der Waals surface area (Å²) in [5, 5.41) is 14.9. The van der Waals surface area contributed by atoms with Gasteiger partial charge in [-0.05, 0) is 25.3 Å². The summed E-state index contributed by atoms with van der Waals surface area (Å²) >= 11 is -2.14. The van der Waals surface area contributed by atoms with E-state index in [1.165, 1.54) is 23.5 Å². The second-order valence-corrected chi connectivity index (χ2v) is 8.33. The lowest BCUT2D eigenvalue weighted by molar-refractivity contribution is -0.128. The molecule has 1 aliphatic rings. The molecule has 2 aromatic heterocycles. The fourth-order valence-corrected chi connectivity index (χ4v) is 3.16. The summed E-state index contributed by atoms with van der Waals surface area (Å²) in [5.41, 5.74) is 1.55. The molecule has 2 heterocycles. The molecule has 2 amide bonds. The second kappa shape index (κ2) is 10.7. The van der Waals surface area contributed by atoms with E-state index in [4.69, 9.17) is 0 Å². The molecule has 2 aromatic rings. The molecule has 1 fully saturated rings. The molecule has 1 atom stereocenters. The number of amides is 2. The largest absolute Gasteiger partial charge is 0.772 e. The lowest BCUT2D eigenvalue weighted by Gasteiger charge is -2.18. The zero-order valence-electron chi connectivity index (χ0n) is 17.4. The van der Waals surface area contributed by atoms with Crippen LogP contribution in [0.3, 0.4) is 0 Å². The molecule has 0 spiro atoms. The summed E-state index contributed by atoms with van der Waals surface area (Å²) in [5.74, 6) is 0.0889. The minimum Gasteiger partial charge on any atom is -0.772 e. The van der Waals surface area contributed by atoms with Gasteiger partial charge < -0.3 is 20.1 Å². The Kier molecular flexibility index (Phi) is 7.80. The average Bonchev–Trinajstić information content (AvgIpc) is 3.63. The summed E-state index contributed by atoms with van der Waals surface area (Å²) in [6, 6.07) is 3.62. The van der Waals surface area contributed by atoms with E-state index in [1.54, 1.807) is 13.1 Å². The molecule has 0 bridgehead atoms. The van der Waals surface area contributed by atoms with Crippen LogP contribution in [0.1, 0.15) is 25.0 Å². The third kappa shape index (κ3) is 6.53. The Labute approximate surface area is 187 Å². The van der Waals surface area contributed by atoms with Crippen LogP contribution in [-0.2, 0) is 20.7 Å². The van der Waals surface area contributed by atoms with Crippen LogP contribution in [0.25, 0.3) is 11.3 Å². The maximum atomic E-state index is 12.3. The first-order valence-electron chi connectivity index (χ1n) is 9.94. The van der Waals surface area contributed by atoms with Crippen molar-refractivity contribution < 1.29 is 18.4 Å². The predicted molar refractivity (Wildman–Crippen MR) is 116 cm³/mol. The monoisotopic (exact) mass is 456 g/mol. The second-order valence-electron chi connectivity index (χ2n) is 7.31. The SMILES string of the molecule is CN(CCCS(=O)[O-])C(=O)CNc1cc(-c2cnc(NC(=O)C3CC3)cn2)cnc1C#N. The molecule has 0 aliphatic heterocycles. The number of hydrogen-bond donors (Lipinski definition) is 2. The zero-order valence-corrected chi connectivity index (χ0v) is 18.2. The highest BCUT2D eigenvalue weighted by molar-refractivity contribution is 7.79. The number of carbonyl (C=O) groups excluding carboxylic acids is 2. The van der Waals surface area contributed by atoms with Crippen molar-refractivity contribution in [2.24, 2.45) is 5.92 Å². The highest BCUT2D eigenvalue weighted by Gasteiger charge is 2.29. The van der Waals surface area contributed by atoms with Gasteiger partial charge in [-0.1, -0.05) is 11.1 Å². The number of nitrogens with one attached hydrogen (secondary N) is 2. The van der Waals surface area contributed by atoms with E-state index in [1.807, 2.05) is 6.07 Å². The van der Waals surface area contributed by atoms with Gasteiger partial charge in [0, 0.05) is 37.0 Å². The minimum atomic E-state index is -2.14. The molecular weight excluding hydrogens is 434 g/mol. The van der Waals surface area contributed by atoms with Crippen molar-refractivity contribution in [1.29, 1.82) is 5.26 Å². The van der Waals surface area contributed by atoms with Gasteiger partial charge in [0.2, 0.25) is 11.8 Å². The van der Waals surface area contributed by atoms with Gasteiger partial charge in [-0.2, -0.15) is 5.26 Å². The first-order chi connectivity index (χ1) is 15.4. The van der Waals surface area contributed by atoms with E-state index in [-0.39, 0.29) is 35.7 Å². The van der Waals surface area contributed by atoms with Crippen LogP contribution < -0.4 is 10.6 Å². The van der Waals surface area contributed by atoms with Gasteiger partial charge in [-0.15, -0.1) is 0 Å². The van der Waals surface area contributed by atoms with Gasteiger partial charge >= 0.3 is 0 Å². The van der Waals surface area contributed by atoms with Crippen LogP contribution in [0.2, 0.25) is 0 Å². The standard InChI is InChI=1S/C20H23N7O4S/c1-27(5-2-6-32(30)31)19(28)12-24-15-7-14(9-22-16(15)8-21)17-10-25-18(11-23-17)26-20(29)13-3-4-13/h7,9-11,13,24H,2-6,12H2,1H3,(H,30,31)(H,25,26,29)/p-1. The third-order valence-corrected chi connectivity index (χ3v) is 5.42. The molecule has 12 heteroatoms. The van der Waals surface area contributed by atoms with Crippen molar-refractivity contribution in [3.8, 4) is 17.3 Å². The third-order valence-electron chi connectivity index (χ3n) is 4.80. The van der Waals surface area contributed by atoms with Gasteiger partial charge in [0.15, 0.2) is 11.5 Å². The van der Waals surface area contributed by atoms with Crippen molar-refractivity contribution in [3.63, 3.8) is 0 Å². The first-order valence-corrected chi connectivity index (χ1v) is 11.2. The predicted octanol–water partition coefficient (Wildman–Crippen LogP) is 0.898. The molecule has 2 N–H and O–H groups in total. The lowest BCUT2D eigenvalue weighted by Crippen LogP contribution is -2.33. The highest BCUT2D eigenvalue weighted by atomic mass is 32.2. The molecular formula is C20H22N7O4S-. The molecule has 1 aliphatic carbocycles. The number of hydrogen-bond acceptors (Lipinski definition) is 9. The van der Waals surface area contributed by atoms with E-state index >= 15 is 0 Å². The molecule has 0 radical (unpaired) electrons. The Morgan fingerprint density at radius 2 is 2.06 bits per heavy atom. The number of nitrogens with zero attached hydrogens (tertiary/aromatic N) is 5. The molecule has 11 nitrogen and oxygen atoms in total. The zero-order chi connectivity index (χ0) is 23.1. The fourth-order valence-electron chi connectivity index (χ4n) is 2.79. The Morgan fingerprint density at radius 1 is 1.28 bits per heavy atom. The van der Waals surface area contributed by atoms with Crippen molar-refractivity contribution in [2.45, 2.75) is 19.3 Å². The number of rotatable bonds is 10. The Morgan fingerprint density at radius 3 is 2.69 bits per heavy atom. The number of pyridine rings is 1. The summed E-state index contributed by atoms with van der Waals surface area (Å²) in [7, 11) is 1.58. The fraction of sp³-hybridized carbons (Fsp3) is 0.400. The molecule has 168 valence electrons. The van der Waals surface area contributed by atoms with Gasteiger partial charge in [-0.3, -0.25) is 18.8 Å². The van der Waals surface area contributed by atoms with E-state index in [0.717, 1.165) is 12.8 Å². The summed E-state index contributed by atoms with van der Waals surface area (Å²) in [6.45, 7) is 0.214. The topological polar surface area (TPSA) is 164 Å². The van der Waals surface area contributed by atoms with Crippen molar-refractivity contribution >= 4 is 34.4 Å². The Hall–Kier alpha value is -3.43. The molecule has 1 saturated carbocycles. The number of nitriles is 1. The molecule has 3 rings (SSSR count). The number of carbonyl (C=O) groups is 2. The number of aromatic nitrogens is 3. The van der Waals surface area contributed by atoms with Crippen LogP contribution in [0.4, 0.5) is 11.5 Å². The average molecular weight is 457 g/mol. The van der Waals surface area contributed by atoms with Crippen molar-refractivity contribution in [2.75, 3.05) is 36.5 Å². The maximum absolute atomic E-state index is 12.3. The van der Waals surface area contributed by atoms with Crippen LogP contribution >= 0.6 is 0 Å². The smallest absolute Gasteiger partial charge is 0.241 e. The Bertz CT molecular complexity index is 1050. The van der Waals surface area contributed by atoms with E-state index < -0.39 is 11.1 Å². The molecule has 32 heavy (non-hydrogen) atoms. The van der Waals surface area contributed by atoms with Crippen LogP contribution in [-0.4, -0.2) is 66.3 Å². The Balaban J connectivity index is 1.63. The van der Waals surface area contributed by atoms with Gasteiger partial charge in [0.05, 0.1) is 30.3 Å².